The van der Waals surface area contributed by atoms with Gasteiger partial charge in [0, 0.05) is 0 Å². The van der Waals surface area contributed by atoms with E-state index in [0.717, 1.165) is 23.5 Å². The highest BCUT2D eigenvalue weighted by atomic mass is 32.2. The summed E-state index contributed by atoms with van der Waals surface area (Å²) < 4.78 is 0. The topological polar surface area (TPSA) is 34.1 Å². The molecule has 0 atom stereocenters. The molecule has 0 rings (SSSR count). The summed E-state index contributed by atoms with van der Waals surface area (Å²) in [7, 11) is 0. The summed E-state index contributed by atoms with van der Waals surface area (Å²) in [5.41, 5.74) is 0. The van der Waals surface area contributed by atoms with Crippen molar-refractivity contribution in [2.45, 2.75) is 13.8 Å². The fourth-order valence-electron chi connectivity index (χ4n) is 0.380. The van der Waals surface area contributed by atoms with Gasteiger partial charge in [-0.2, -0.15) is 0 Å². The first-order valence-electron chi connectivity index (χ1n) is 3.06. The van der Waals surface area contributed by atoms with Crippen LogP contribution < -0.4 is 0 Å². The van der Waals surface area contributed by atoms with Crippen LogP contribution in [0.25, 0.3) is 0 Å². The van der Waals surface area contributed by atoms with Crippen molar-refractivity contribution in [2.24, 2.45) is 0 Å². The molecule has 0 aromatic rings. The molecule has 0 heterocycles. The molecule has 0 aliphatic rings. The standard InChI is InChI=1S/C6H10O2S2/c1-3-9-5(7)6(8)10-4-2/h3-4H2,1-2H3. The van der Waals surface area contributed by atoms with Crippen LogP contribution in [0.15, 0.2) is 0 Å². The van der Waals surface area contributed by atoms with Crippen LogP contribution in [0.2, 0.25) is 0 Å². The van der Waals surface area contributed by atoms with Crippen LogP contribution in [-0.2, 0) is 9.59 Å². The Bertz CT molecular complexity index is 118. The van der Waals surface area contributed by atoms with Crippen LogP contribution >= 0.6 is 23.5 Å². The van der Waals surface area contributed by atoms with Crippen LogP contribution in [0.4, 0.5) is 0 Å². The quantitative estimate of drug-likeness (QED) is 0.601. The predicted molar refractivity (Wildman–Crippen MR) is 46.3 cm³/mol. The summed E-state index contributed by atoms with van der Waals surface area (Å²) in [6, 6.07) is 0. The maximum atomic E-state index is 10.7. The molecular formula is C6H10O2S2. The molecule has 0 aliphatic carbocycles. The van der Waals surface area contributed by atoms with Crippen LogP contribution in [0, 0.1) is 0 Å². The Morgan fingerprint density at radius 1 is 1.00 bits per heavy atom. The van der Waals surface area contributed by atoms with Gasteiger partial charge in [0.05, 0.1) is 0 Å². The first-order chi connectivity index (χ1) is 4.72. The van der Waals surface area contributed by atoms with Crippen molar-refractivity contribution in [2.75, 3.05) is 11.5 Å². The third-order valence-electron chi connectivity index (χ3n) is 0.718. The van der Waals surface area contributed by atoms with Crippen molar-refractivity contribution in [3.05, 3.63) is 0 Å². The summed E-state index contributed by atoms with van der Waals surface area (Å²) in [5, 5.41) is -0.649. The average molecular weight is 178 g/mol. The fraction of sp³-hybridized carbons (Fsp3) is 0.667. The SMILES string of the molecule is CCSC(=O)C(=O)SCC. The van der Waals surface area contributed by atoms with E-state index in [1.165, 1.54) is 0 Å². The zero-order chi connectivity index (χ0) is 7.98. The molecule has 0 unspecified atom stereocenters. The Labute approximate surface area is 69.1 Å². The molecule has 4 heteroatoms. The van der Waals surface area contributed by atoms with E-state index in [2.05, 4.69) is 0 Å². The normalized spacial score (nSPS) is 9.40. The molecule has 0 aliphatic heterocycles. The molecule has 58 valence electrons. The van der Waals surface area contributed by atoms with Gasteiger partial charge in [0.25, 0.3) is 10.2 Å². The number of thioether (sulfide) groups is 2. The van der Waals surface area contributed by atoms with Crippen LogP contribution in [0.5, 0.6) is 0 Å². The van der Waals surface area contributed by atoms with E-state index in [1.807, 2.05) is 13.8 Å². The zero-order valence-electron chi connectivity index (χ0n) is 6.05. The van der Waals surface area contributed by atoms with E-state index >= 15 is 0 Å². The minimum atomic E-state index is -0.325. The molecule has 0 amide bonds. The third kappa shape index (κ3) is 3.95. The van der Waals surface area contributed by atoms with Gasteiger partial charge in [0.1, 0.15) is 0 Å². The van der Waals surface area contributed by atoms with E-state index in [4.69, 9.17) is 0 Å². The maximum absolute atomic E-state index is 10.7. The molecule has 0 radical (unpaired) electrons. The van der Waals surface area contributed by atoms with Gasteiger partial charge in [-0.1, -0.05) is 37.4 Å². The highest BCUT2D eigenvalue weighted by molar-refractivity contribution is 8.24. The molecule has 10 heavy (non-hydrogen) atoms. The molecule has 0 aromatic carbocycles. The molecule has 0 bridgehead atoms. The first-order valence-corrected chi connectivity index (χ1v) is 5.03. The van der Waals surface area contributed by atoms with Gasteiger partial charge in [0.2, 0.25) is 0 Å². The smallest absolute Gasteiger partial charge is 0.266 e. The Balaban J connectivity index is 3.60. The lowest BCUT2D eigenvalue weighted by molar-refractivity contribution is -0.126. The van der Waals surface area contributed by atoms with E-state index in [-0.39, 0.29) is 10.2 Å². The summed E-state index contributed by atoms with van der Waals surface area (Å²) in [5.74, 6) is 1.35. The molecule has 0 fully saturated rings. The lowest BCUT2D eigenvalue weighted by Crippen LogP contribution is -2.05. The molecule has 0 aromatic heterocycles. The van der Waals surface area contributed by atoms with Gasteiger partial charge >= 0.3 is 0 Å². The summed E-state index contributed by atoms with van der Waals surface area (Å²) in [4.78, 5) is 21.5. The number of rotatable bonds is 2. The zero-order valence-corrected chi connectivity index (χ0v) is 7.68. The predicted octanol–water partition coefficient (Wildman–Crippen LogP) is 1.55. The Kier molecular flexibility index (Phi) is 5.82. The van der Waals surface area contributed by atoms with Gasteiger partial charge in [-0.15, -0.1) is 0 Å². The lowest BCUT2D eigenvalue weighted by atomic mass is 10.9. The van der Waals surface area contributed by atoms with Crippen LogP contribution in [0.3, 0.4) is 0 Å². The van der Waals surface area contributed by atoms with Crippen molar-refractivity contribution in [3.8, 4) is 0 Å². The largest absolute Gasteiger partial charge is 0.277 e. The Hall–Kier alpha value is 0.0400. The number of carbonyl (C=O) groups is 2. The van der Waals surface area contributed by atoms with E-state index in [1.54, 1.807) is 0 Å². The van der Waals surface area contributed by atoms with E-state index in [9.17, 15) is 9.59 Å². The lowest BCUT2D eigenvalue weighted by Gasteiger charge is -1.92. The van der Waals surface area contributed by atoms with Crippen LogP contribution in [0.1, 0.15) is 13.8 Å². The second-order valence-corrected chi connectivity index (χ2v) is 3.91. The van der Waals surface area contributed by atoms with E-state index < -0.39 is 0 Å². The summed E-state index contributed by atoms with van der Waals surface area (Å²) in [6.07, 6.45) is 0. The molecular weight excluding hydrogens is 168 g/mol. The highest BCUT2D eigenvalue weighted by Gasteiger charge is 2.11. The highest BCUT2D eigenvalue weighted by Crippen LogP contribution is 2.09. The molecule has 0 N–H and O–H groups in total. The molecule has 0 saturated carbocycles. The molecule has 2 nitrogen and oxygen atoms in total. The van der Waals surface area contributed by atoms with Gasteiger partial charge in [-0.05, 0) is 11.5 Å². The minimum absolute atomic E-state index is 0.325. The first kappa shape index (κ1) is 10.0. The number of hydrogen-bond acceptors (Lipinski definition) is 4. The van der Waals surface area contributed by atoms with Crippen LogP contribution in [-0.4, -0.2) is 21.7 Å². The van der Waals surface area contributed by atoms with Gasteiger partial charge < -0.3 is 0 Å². The molecule has 0 saturated heterocycles. The van der Waals surface area contributed by atoms with Crippen molar-refractivity contribution < 1.29 is 9.59 Å². The minimum Gasteiger partial charge on any atom is -0.277 e. The van der Waals surface area contributed by atoms with Crippen molar-refractivity contribution in [3.63, 3.8) is 0 Å². The second-order valence-electron chi connectivity index (χ2n) is 1.44. The van der Waals surface area contributed by atoms with Gasteiger partial charge in [0.15, 0.2) is 0 Å². The third-order valence-corrected chi connectivity index (χ3v) is 2.32. The van der Waals surface area contributed by atoms with Crippen molar-refractivity contribution in [1.29, 1.82) is 0 Å². The second kappa shape index (κ2) is 5.80. The van der Waals surface area contributed by atoms with Crippen molar-refractivity contribution in [1.82, 2.24) is 0 Å². The van der Waals surface area contributed by atoms with Gasteiger partial charge in [-0.3, -0.25) is 9.59 Å². The molecule has 0 spiro atoms. The number of hydrogen-bond donors (Lipinski definition) is 0. The Morgan fingerprint density at radius 3 is 1.50 bits per heavy atom. The monoisotopic (exact) mass is 178 g/mol. The fourth-order valence-corrected chi connectivity index (χ4v) is 1.49. The number of carbonyl (C=O) groups excluding carboxylic acids is 2. The maximum Gasteiger partial charge on any atom is 0.266 e. The van der Waals surface area contributed by atoms with Gasteiger partial charge in [-0.25, -0.2) is 0 Å². The van der Waals surface area contributed by atoms with E-state index in [0.29, 0.717) is 11.5 Å². The van der Waals surface area contributed by atoms with Crippen molar-refractivity contribution >= 4 is 33.8 Å². The summed E-state index contributed by atoms with van der Waals surface area (Å²) >= 11 is 2.14. The average Bonchev–Trinajstić information content (AvgIpc) is 1.89. The Morgan fingerprint density at radius 2 is 1.30 bits per heavy atom. The summed E-state index contributed by atoms with van der Waals surface area (Å²) in [6.45, 7) is 3.71.